The van der Waals surface area contributed by atoms with E-state index in [2.05, 4.69) is 11.9 Å². The van der Waals surface area contributed by atoms with Crippen LogP contribution in [0, 0.1) is 5.92 Å². The molecular formula is C11H21NO2. The van der Waals surface area contributed by atoms with Gasteiger partial charge in [0.25, 0.3) is 0 Å². The summed E-state index contributed by atoms with van der Waals surface area (Å²) in [7, 11) is 0. The molecule has 14 heavy (non-hydrogen) atoms. The van der Waals surface area contributed by atoms with Crippen LogP contribution in [0.1, 0.15) is 26.7 Å². The highest BCUT2D eigenvalue weighted by molar-refractivity contribution is 4.85. The molecule has 1 heterocycles. The number of hydrogen-bond donors (Lipinski definition) is 2. The summed E-state index contributed by atoms with van der Waals surface area (Å²) in [6.07, 6.45) is 3.68. The molecule has 0 saturated carbocycles. The van der Waals surface area contributed by atoms with Gasteiger partial charge in [0.1, 0.15) is 5.72 Å². The summed E-state index contributed by atoms with van der Waals surface area (Å²) in [6.45, 7) is 8.70. The molecule has 1 aliphatic heterocycles. The van der Waals surface area contributed by atoms with Gasteiger partial charge >= 0.3 is 0 Å². The highest BCUT2D eigenvalue weighted by Crippen LogP contribution is 2.20. The van der Waals surface area contributed by atoms with Crippen molar-refractivity contribution in [3.05, 3.63) is 12.7 Å². The first-order valence-corrected chi connectivity index (χ1v) is 5.21. The molecule has 0 spiro atoms. The molecule has 1 aliphatic rings. The van der Waals surface area contributed by atoms with Crippen LogP contribution in [-0.4, -0.2) is 30.1 Å². The van der Waals surface area contributed by atoms with Crippen LogP contribution in [0.4, 0.5) is 0 Å². The quantitative estimate of drug-likeness (QED) is 0.655. The molecule has 0 bridgehead atoms. The van der Waals surface area contributed by atoms with Crippen molar-refractivity contribution >= 4 is 0 Å². The maximum Gasteiger partial charge on any atom is 0.113 e. The Morgan fingerprint density at radius 2 is 2.43 bits per heavy atom. The molecule has 0 aromatic rings. The first kappa shape index (κ1) is 11.7. The zero-order valence-corrected chi connectivity index (χ0v) is 9.12. The Kier molecular flexibility index (Phi) is 4.11. The number of allylic oxidation sites excluding steroid dienone is 1. The van der Waals surface area contributed by atoms with E-state index in [1.165, 1.54) is 0 Å². The maximum atomic E-state index is 9.13. The van der Waals surface area contributed by atoms with Gasteiger partial charge < -0.3 is 9.84 Å². The lowest BCUT2D eigenvalue weighted by Crippen LogP contribution is -2.39. The molecule has 0 amide bonds. The first-order chi connectivity index (χ1) is 6.57. The second-order valence-corrected chi connectivity index (χ2v) is 4.47. The van der Waals surface area contributed by atoms with Crippen LogP contribution in [0.25, 0.3) is 0 Å². The largest absolute Gasteiger partial charge is 0.396 e. The molecule has 0 radical (unpaired) electrons. The molecule has 0 aromatic heterocycles. The van der Waals surface area contributed by atoms with Crippen molar-refractivity contribution in [3.8, 4) is 0 Å². The summed E-state index contributed by atoms with van der Waals surface area (Å²) < 4.78 is 5.56. The number of aliphatic hydroxyl groups excluding tert-OH is 1. The third kappa shape index (κ3) is 3.40. The molecule has 3 heteroatoms. The molecule has 1 rings (SSSR count). The Hall–Kier alpha value is -0.380. The summed E-state index contributed by atoms with van der Waals surface area (Å²) in [5.74, 6) is 0.308. The Labute approximate surface area is 86.2 Å². The Morgan fingerprint density at radius 1 is 1.71 bits per heavy atom. The fraction of sp³-hybridized carbons (Fsp3) is 0.818. The summed E-state index contributed by atoms with van der Waals surface area (Å²) in [5, 5.41) is 12.5. The SMILES string of the molecule is C=CCC(CO)CC1COC(C)(C)N1. The highest BCUT2D eigenvalue weighted by atomic mass is 16.5. The average molecular weight is 199 g/mol. The van der Waals surface area contributed by atoms with E-state index in [4.69, 9.17) is 9.84 Å². The van der Waals surface area contributed by atoms with E-state index in [-0.39, 0.29) is 12.3 Å². The van der Waals surface area contributed by atoms with Crippen molar-refractivity contribution in [2.75, 3.05) is 13.2 Å². The third-order valence-corrected chi connectivity index (χ3v) is 2.57. The summed E-state index contributed by atoms with van der Waals surface area (Å²) in [4.78, 5) is 0. The average Bonchev–Trinajstić information content (AvgIpc) is 2.45. The van der Waals surface area contributed by atoms with Crippen LogP contribution in [0.3, 0.4) is 0 Å². The predicted molar refractivity (Wildman–Crippen MR) is 57.0 cm³/mol. The fourth-order valence-corrected chi connectivity index (χ4v) is 1.89. The topological polar surface area (TPSA) is 41.5 Å². The van der Waals surface area contributed by atoms with E-state index >= 15 is 0 Å². The lowest BCUT2D eigenvalue weighted by molar-refractivity contribution is 0.0230. The van der Waals surface area contributed by atoms with Crippen LogP contribution in [-0.2, 0) is 4.74 Å². The minimum absolute atomic E-state index is 0.209. The van der Waals surface area contributed by atoms with Crippen molar-refractivity contribution in [2.24, 2.45) is 5.92 Å². The second-order valence-electron chi connectivity index (χ2n) is 4.47. The normalized spacial score (nSPS) is 27.5. The van der Waals surface area contributed by atoms with Crippen LogP contribution < -0.4 is 5.32 Å². The zero-order chi connectivity index (χ0) is 10.6. The van der Waals surface area contributed by atoms with E-state index in [0.29, 0.717) is 12.0 Å². The molecule has 3 nitrogen and oxygen atoms in total. The van der Waals surface area contributed by atoms with Crippen molar-refractivity contribution in [1.29, 1.82) is 0 Å². The van der Waals surface area contributed by atoms with Gasteiger partial charge in [-0.25, -0.2) is 0 Å². The Bertz CT molecular complexity index is 192. The minimum atomic E-state index is -0.209. The van der Waals surface area contributed by atoms with Gasteiger partial charge in [0.15, 0.2) is 0 Å². The first-order valence-electron chi connectivity index (χ1n) is 5.21. The lowest BCUT2D eigenvalue weighted by atomic mass is 9.98. The van der Waals surface area contributed by atoms with Gasteiger partial charge in [-0.1, -0.05) is 6.08 Å². The summed E-state index contributed by atoms with van der Waals surface area (Å²) in [5.41, 5.74) is -0.209. The van der Waals surface area contributed by atoms with Gasteiger partial charge in [0, 0.05) is 12.6 Å². The van der Waals surface area contributed by atoms with E-state index in [1.807, 2.05) is 19.9 Å². The second kappa shape index (κ2) is 4.91. The van der Waals surface area contributed by atoms with Crippen LogP contribution in [0.15, 0.2) is 12.7 Å². The van der Waals surface area contributed by atoms with Gasteiger partial charge in [0.05, 0.1) is 6.61 Å². The highest BCUT2D eigenvalue weighted by Gasteiger charge is 2.31. The molecule has 2 atom stereocenters. The van der Waals surface area contributed by atoms with Crippen LogP contribution in [0.5, 0.6) is 0 Å². The predicted octanol–water partition coefficient (Wildman–Crippen LogP) is 1.29. The number of ether oxygens (including phenoxy) is 1. The van der Waals surface area contributed by atoms with Gasteiger partial charge in [-0.2, -0.15) is 0 Å². The van der Waals surface area contributed by atoms with Crippen molar-refractivity contribution < 1.29 is 9.84 Å². The van der Waals surface area contributed by atoms with Gasteiger partial charge in [-0.3, -0.25) is 5.32 Å². The smallest absolute Gasteiger partial charge is 0.113 e. The van der Waals surface area contributed by atoms with E-state index in [9.17, 15) is 0 Å². The fourth-order valence-electron chi connectivity index (χ4n) is 1.89. The van der Waals surface area contributed by atoms with Gasteiger partial charge in [-0.05, 0) is 32.6 Å². The lowest BCUT2D eigenvalue weighted by Gasteiger charge is -2.20. The van der Waals surface area contributed by atoms with E-state index in [1.54, 1.807) is 0 Å². The number of rotatable bonds is 5. The van der Waals surface area contributed by atoms with Crippen LogP contribution >= 0.6 is 0 Å². The van der Waals surface area contributed by atoms with Gasteiger partial charge in [-0.15, -0.1) is 6.58 Å². The van der Waals surface area contributed by atoms with Crippen molar-refractivity contribution in [3.63, 3.8) is 0 Å². The number of hydrogen-bond acceptors (Lipinski definition) is 3. The maximum absolute atomic E-state index is 9.13. The molecule has 0 aromatic carbocycles. The van der Waals surface area contributed by atoms with Crippen molar-refractivity contribution in [2.45, 2.75) is 38.5 Å². The summed E-state index contributed by atoms with van der Waals surface area (Å²) in [6, 6.07) is 0.363. The number of nitrogens with one attached hydrogen (secondary N) is 1. The van der Waals surface area contributed by atoms with E-state index < -0.39 is 0 Å². The zero-order valence-electron chi connectivity index (χ0n) is 9.12. The van der Waals surface area contributed by atoms with Crippen LogP contribution in [0.2, 0.25) is 0 Å². The molecular weight excluding hydrogens is 178 g/mol. The Balaban J connectivity index is 2.33. The third-order valence-electron chi connectivity index (χ3n) is 2.57. The summed E-state index contributed by atoms with van der Waals surface area (Å²) >= 11 is 0. The van der Waals surface area contributed by atoms with Crippen molar-refractivity contribution in [1.82, 2.24) is 5.32 Å². The molecule has 2 unspecified atom stereocenters. The van der Waals surface area contributed by atoms with Gasteiger partial charge in [0.2, 0.25) is 0 Å². The molecule has 2 N–H and O–H groups in total. The molecule has 1 saturated heterocycles. The molecule has 82 valence electrons. The Morgan fingerprint density at radius 3 is 2.86 bits per heavy atom. The minimum Gasteiger partial charge on any atom is -0.396 e. The molecule has 1 fully saturated rings. The monoisotopic (exact) mass is 199 g/mol. The molecule has 0 aliphatic carbocycles. The standard InChI is InChI=1S/C11H21NO2/c1-4-5-9(7-13)6-10-8-14-11(2,3)12-10/h4,9-10,12-13H,1,5-8H2,2-3H3. The van der Waals surface area contributed by atoms with E-state index in [0.717, 1.165) is 19.4 Å². The number of aliphatic hydroxyl groups is 1.